The molecular formula is C20H23ClN2O4S2. The number of thiophene rings is 1. The molecule has 0 saturated carbocycles. The molecule has 2 aromatic rings. The Kier molecular flexibility index (Phi) is 6.65. The molecule has 1 heterocycles. The number of hydrogen-bond acceptors (Lipinski definition) is 5. The Hall–Kier alpha value is -1.90. The fourth-order valence-electron chi connectivity index (χ4n) is 3.47. The van der Waals surface area contributed by atoms with E-state index in [2.05, 4.69) is 12.2 Å². The second-order valence-corrected chi connectivity index (χ2v) is 11.0. The van der Waals surface area contributed by atoms with E-state index < -0.39 is 15.7 Å². The van der Waals surface area contributed by atoms with Gasteiger partial charge in [-0.1, -0.05) is 18.5 Å². The van der Waals surface area contributed by atoms with Crippen LogP contribution in [-0.2, 0) is 27.5 Å². The number of nitrogens with two attached hydrogens (primary N) is 1. The van der Waals surface area contributed by atoms with Crippen LogP contribution in [0, 0.1) is 5.92 Å². The molecule has 2 amide bonds. The summed E-state index contributed by atoms with van der Waals surface area (Å²) in [4.78, 5) is 25.6. The first-order valence-electron chi connectivity index (χ1n) is 9.40. The molecule has 1 aromatic heterocycles. The molecule has 9 heteroatoms. The number of rotatable bonds is 7. The van der Waals surface area contributed by atoms with Gasteiger partial charge in [0.25, 0.3) is 5.91 Å². The molecule has 0 spiro atoms. The number of carbonyl (C=O) groups is 2. The maximum atomic E-state index is 12.4. The van der Waals surface area contributed by atoms with Gasteiger partial charge in [0.05, 0.1) is 16.2 Å². The number of primary amides is 1. The van der Waals surface area contributed by atoms with Gasteiger partial charge in [0.1, 0.15) is 5.00 Å². The molecule has 3 N–H and O–H groups in total. The van der Waals surface area contributed by atoms with Crippen LogP contribution < -0.4 is 11.1 Å². The van der Waals surface area contributed by atoms with Crippen molar-refractivity contribution in [2.24, 2.45) is 11.7 Å². The minimum absolute atomic E-state index is 0.0317. The zero-order valence-corrected chi connectivity index (χ0v) is 18.4. The van der Waals surface area contributed by atoms with Gasteiger partial charge in [0.2, 0.25) is 5.91 Å². The van der Waals surface area contributed by atoms with Gasteiger partial charge in [0.15, 0.2) is 9.84 Å². The maximum Gasteiger partial charge on any atom is 0.251 e. The maximum absolute atomic E-state index is 12.4. The number of benzene rings is 1. The highest BCUT2D eigenvalue weighted by Crippen LogP contribution is 2.39. The number of amides is 2. The largest absolute Gasteiger partial charge is 0.365 e. The lowest BCUT2D eigenvalue weighted by Gasteiger charge is -2.18. The Labute approximate surface area is 179 Å². The first kappa shape index (κ1) is 21.8. The molecule has 0 fully saturated rings. The second kappa shape index (κ2) is 8.85. The highest BCUT2D eigenvalue weighted by molar-refractivity contribution is 7.91. The molecule has 1 aromatic carbocycles. The highest BCUT2D eigenvalue weighted by Gasteiger charge is 2.27. The van der Waals surface area contributed by atoms with Crippen molar-refractivity contribution in [3.63, 3.8) is 0 Å². The lowest BCUT2D eigenvalue weighted by Crippen LogP contribution is -2.19. The van der Waals surface area contributed by atoms with Crippen LogP contribution in [0.2, 0.25) is 5.02 Å². The third-order valence-corrected chi connectivity index (χ3v) is 8.24. The minimum atomic E-state index is -3.49. The van der Waals surface area contributed by atoms with Crippen molar-refractivity contribution < 1.29 is 18.0 Å². The number of anilines is 1. The minimum Gasteiger partial charge on any atom is -0.365 e. The summed E-state index contributed by atoms with van der Waals surface area (Å²) in [6.45, 7) is 2.16. The van der Waals surface area contributed by atoms with E-state index in [0.717, 1.165) is 29.7 Å². The highest BCUT2D eigenvalue weighted by atomic mass is 35.5. The molecule has 0 aliphatic heterocycles. The van der Waals surface area contributed by atoms with Gasteiger partial charge in [-0.15, -0.1) is 11.3 Å². The van der Waals surface area contributed by atoms with Gasteiger partial charge in [-0.2, -0.15) is 0 Å². The van der Waals surface area contributed by atoms with Crippen molar-refractivity contribution >= 4 is 49.6 Å². The van der Waals surface area contributed by atoms with Crippen LogP contribution in [0.25, 0.3) is 0 Å². The second-order valence-electron chi connectivity index (χ2n) is 7.34. The average Bonchev–Trinajstić information content (AvgIpc) is 2.98. The van der Waals surface area contributed by atoms with Crippen LogP contribution in [0.5, 0.6) is 0 Å². The fourth-order valence-corrected chi connectivity index (χ4v) is 6.34. The SMILES string of the molecule is C[C@@H]1CCc2c(sc(NC(=O)CCCS(=O)(=O)c3ccc(Cl)cc3)c2C(N)=O)C1. The monoisotopic (exact) mass is 454 g/mol. The van der Waals surface area contributed by atoms with Crippen LogP contribution in [0.3, 0.4) is 0 Å². The van der Waals surface area contributed by atoms with E-state index in [0.29, 0.717) is 21.5 Å². The van der Waals surface area contributed by atoms with Gasteiger partial charge >= 0.3 is 0 Å². The Morgan fingerprint density at radius 1 is 1.28 bits per heavy atom. The zero-order chi connectivity index (χ0) is 21.2. The topological polar surface area (TPSA) is 106 Å². The smallest absolute Gasteiger partial charge is 0.251 e. The summed E-state index contributed by atoms with van der Waals surface area (Å²) in [6, 6.07) is 5.94. The van der Waals surface area contributed by atoms with Crippen LogP contribution in [-0.4, -0.2) is 26.0 Å². The Morgan fingerprint density at radius 3 is 2.62 bits per heavy atom. The summed E-state index contributed by atoms with van der Waals surface area (Å²) in [7, 11) is -3.49. The van der Waals surface area contributed by atoms with Crippen molar-refractivity contribution in [3.05, 3.63) is 45.3 Å². The molecule has 1 aliphatic rings. The van der Waals surface area contributed by atoms with Gasteiger partial charge in [-0.05, 0) is 61.4 Å². The van der Waals surface area contributed by atoms with E-state index >= 15 is 0 Å². The number of hydrogen-bond donors (Lipinski definition) is 2. The van der Waals surface area contributed by atoms with Crippen LogP contribution >= 0.6 is 22.9 Å². The summed E-state index contributed by atoms with van der Waals surface area (Å²) in [6.07, 6.45) is 2.84. The predicted octanol–water partition coefficient (Wildman–Crippen LogP) is 3.82. The third kappa shape index (κ3) is 5.18. The number of nitrogens with one attached hydrogen (secondary N) is 1. The molecule has 0 radical (unpaired) electrons. The van der Waals surface area contributed by atoms with E-state index in [9.17, 15) is 18.0 Å². The fraction of sp³-hybridized carbons (Fsp3) is 0.400. The lowest BCUT2D eigenvalue weighted by atomic mass is 9.88. The summed E-state index contributed by atoms with van der Waals surface area (Å²) in [5.41, 5.74) is 6.90. The van der Waals surface area contributed by atoms with Gasteiger partial charge in [0, 0.05) is 16.3 Å². The molecule has 0 saturated heterocycles. The molecule has 156 valence electrons. The molecule has 0 bridgehead atoms. The molecule has 3 rings (SSSR count). The third-order valence-electron chi connectivity index (χ3n) is 5.00. The Bertz CT molecular complexity index is 1030. The van der Waals surface area contributed by atoms with Crippen molar-refractivity contribution in [2.75, 3.05) is 11.1 Å². The molecule has 0 unspecified atom stereocenters. The lowest BCUT2D eigenvalue weighted by molar-refractivity contribution is -0.116. The Morgan fingerprint density at radius 2 is 1.97 bits per heavy atom. The van der Waals surface area contributed by atoms with Crippen LogP contribution in [0.4, 0.5) is 5.00 Å². The van der Waals surface area contributed by atoms with Crippen molar-refractivity contribution in [3.8, 4) is 0 Å². The number of carbonyl (C=O) groups excluding carboxylic acids is 2. The number of sulfone groups is 1. The van der Waals surface area contributed by atoms with E-state index in [-0.39, 0.29) is 29.4 Å². The van der Waals surface area contributed by atoms with Crippen molar-refractivity contribution in [1.82, 2.24) is 0 Å². The van der Waals surface area contributed by atoms with E-state index in [1.807, 2.05) is 0 Å². The Balaban J connectivity index is 1.63. The van der Waals surface area contributed by atoms with Crippen LogP contribution in [0.15, 0.2) is 29.2 Å². The van der Waals surface area contributed by atoms with Gasteiger partial charge in [-0.3, -0.25) is 9.59 Å². The predicted molar refractivity (Wildman–Crippen MR) is 115 cm³/mol. The summed E-state index contributed by atoms with van der Waals surface area (Å²) in [5.74, 6) is -0.491. The van der Waals surface area contributed by atoms with Crippen molar-refractivity contribution in [2.45, 2.75) is 43.9 Å². The summed E-state index contributed by atoms with van der Waals surface area (Å²) in [5, 5.41) is 3.70. The molecular weight excluding hydrogens is 432 g/mol. The molecule has 6 nitrogen and oxygen atoms in total. The van der Waals surface area contributed by atoms with Gasteiger partial charge < -0.3 is 11.1 Å². The summed E-state index contributed by atoms with van der Waals surface area (Å²) < 4.78 is 24.7. The van der Waals surface area contributed by atoms with E-state index in [1.165, 1.54) is 35.6 Å². The standard InChI is InChI=1S/C20H23ClN2O4S2/c1-12-4-9-15-16(11-12)28-20(18(15)19(22)25)23-17(24)3-2-10-29(26,27)14-7-5-13(21)6-8-14/h5-8,12H,2-4,9-11H2,1H3,(H2,22,25)(H,23,24)/t12-/m1/s1. The van der Waals surface area contributed by atoms with Crippen LogP contribution in [0.1, 0.15) is 47.0 Å². The van der Waals surface area contributed by atoms with Gasteiger partial charge in [-0.25, -0.2) is 8.42 Å². The van der Waals surface area contributed by atoms with E-state index in [1.54, 1.807) is 0 Å². The van der Waals surface area contributed by atoms with E-state index in [4.69, 9.17) is 17.3 Å². The first-order chi connectivity index (χ1) is 13.7. The first-order valence-corrected chi connectivity index (χ1v) is 12.2. The zero-order valence-electron chi connectivity index (χ0n) is 16.0. The molecule has 29 heavy (non-hydrogen) atoms. The van der Waals surface area contributed by atoms with Crippen molar-refractivity contribution in [1.29, 1.82) is 0 Å². The number of fused-ring (bicyclic) bond motifs is 1. The summed E-state index contributed by atoms with van der Waals surface area (Å²) >= 11 is 7.18. The number of halogens is 1. The normalized spacial score (nSPS) is 16.3. The quantitative estimate of drug-likeness (QED) is 0.663. The molecule has 1 aliphatic carbocycles. The molecule has 1 atom stereocenters. The average molecular weight is 455 g/mol.